The summed E-state index contributed by atoms with van der Waals surface area (Å²) in [5, 5.41) is 4.59. The first-order chi connectivity index (χ1) is 18.9. The fourth-order valence-electron chi connectivity index (χ4n) is 5.79. The third-order valence-electron chi connectivity index (χ3n) is 7.76. The molecule has 1 saturated heterocycles. The van der Waals surface area contributed by atoms with Crippen LogP contribution in [0.15, 0.2) is 77.7 Å². The van der Waals surface area contributed by atoms with E-state index >= 15 is 0 Å². The second kappa shape index (κ2) is 9.64. The Kier molecular flexibility index (Phi) is 6.12. The minimum absolute atomic E-state index is 0.0228. The SMILES string of the molecule is [C-]#[N+]c1ccc2c(n1)c(N1C[C@@H](C)N(C(c3ccc(F)cc3)c3cccc4ccnn34)C[C@@H]1C)cc(=O)n2C. The largest absolute Gasteiger partial charge is 0.362 e. The highest BCUT2D eigenvalue weighted by molar-refractivity contribution is 5.89. The van der Waals surface area contributed by atoms with Crippen LogP contribution in [0.4, 0.5) is 15.9 Å². The Morgan fingerprint density at radius 1 is 1.03 bits per heavy atom. The number of anilines is 1. The highest BCUT2D eigenvalue weighted by Crippen LogP contribution is 2.36. The molecule has 3 atom stereocenters. The number of pyridine rings is 3. The van der Waals surface area contributed by atoms with Gasteiger partial charge in [0.2, 0.25) is 5.52 Å². The summed E-state index contributed by atoms with van der Waals surface area (Å²) in [6, 6.07) is 19.8. The first-order valence-electron chi connectivity index (χ1n) is 12.9. The third kappa shape index (κ3) is 4.23. The van der Waals surface area contributed by atoms with E-state index < -0.39 is 0 Å². The average Bonchev–Trinajstić information content (AvgIpc) is 3.43. The van der Waals surface area contributed by atoms with Crippen molar-refractivity contribution in [3.05, 3.63) is 112 Å². The lowest BCUT2D eigenvalue weighted by Crippen LogP contribution is -2.57. The van der Waals surface area contributed by atoms with Crippen molar-refractivity contribution in [1.82, 2.24) is 24.1 Å². The van der Waals surface area contributed by atoms with E-state index in [2.05, 4.69) is 44.6 Å². The third-order valence-corrected chi connectivity index (χ3v) is 7.76. The molecule has 5 aromatic rings. The summed E-state index contributed by atoms with van der Waals surface area (Å²) in [5.74, 6) is 0.0234. The average molecular weight is 522 g/mol. The van der Waals surface area contributed by atoms with Crippen LogP contribution in [0.5, 0.6) is 0 Å². The van der Waals surface area contributed by atoms with Gasteiger partial charge in [-0.05, 0) is 61.9 Å². The minimum atomic E-state index is -0.273. The van der Waals surface area contributed by atoms with E-state index in [9.17, 15) is 9.18 Å². The zero-order valence-corrected chi connectivity index (χ0v) is 22.0. The van der Waals surface area contributed by atoms with Gasteiger partial charge in [-0.15, -0.1) is 4.98 Å². The molecule has 1 unspecified atom stereocenters. The van der Waals surface area contributed by atoms with Crippen LogP contribution in [0.1, 0.15) is 31.1 Å². The number of piperazine rings is 1. The maximum Gasteiger partial charge on any atom is 0.270 e. The van der Waals surface area contributed by atoms with Crippen LogP contribution in [0.3, 0.4) is 0 Å². The fraction of sp³-hybridized carbons (Fsp3) is 0.267. The number of nitrogens with zero attached hydrogens (tertiary/aromatic N) is 7. The van der Waals surface area contributed by atoms with E-state index in [0.717, 1.165) is 22.5 Å². The number of aryl methyl sites for hydroxylation is 1. The van der Waals surface area contributed by atoms with Crippen LogP contribution in [0, 0.1) is 12.4 Å². The molecule has 0 saturated carbocycles. The second-order valence-electron chi connectivity index (χ2n) is 10.2. The highest BCUT2D eigenvalue weighted by atomic mass is 19.1. The lowest BCUT2D eigenvalue weighted by molar-refractivity contribution is 0.126. The van der Waals surface area contributed by atoms with Crippen molar-refractivity contribution in [2.45, 2.75) is 32.0 Å². The van der Waals surface area contributed by atoms with Crippen molar-refractivity contribution >= 4 is 28.1 Å². The van der Waals surface area contributed by atoms with Crippen molar-refractivity contribution < 1.29 is 4.39 Å². The Hall–Kier alpha value is -4.55. The van der Waals surface area contributed by atoms with Gasteiger partial charge in [0.25, 0.3) is 11.4 Å². The maximum absolute atomic E-state index is 13.9. The van der Waals surface area contributed by atoms with Gasteiger partial charge in [-0.3, -0.25) is 9.69 Å². The summed E-state index contributed by atoms with van der Waals surface area (Å²) in [7, 11) is 1.72. The number of benzene rings is 1. The molecular formula is C30H28FN7O. The van der Waals surface area contributed by atoms with Gasteiger partial charge in [-0.2, -0.15) is 5.10 Å². The molecule has 0 amide bonds. The Labute approximate surface area is 225 Å². The van der Waals surface area contributed by atoms with Crippen LogP contribution in [0.25, 0.3) is 21.4 Å². The van der Waals surface area contributed by atoms with Crippen molar-refractivity contribution in [2.75, 3.05) is 18.0 Å². The smallest absolute Gasteiger partial charge is 0.270 e. The zero-order chi connectivity index (χ0) is 27.3. The van der Waals surface area contributed by atoms with Crippen LogP contribution in [-0.2, 0) is 7.05 Å². The predicted molar refractivity (Wildman–Crippen MR) is 150 cm³/mol. The summed E-state index contributed by atoms with van der Waals surface area (Å²) in [6.07, 6.45) is 1.79. The molecule has 6 rings (SSSR count). The van der Waals surface area contributed by atoms with Crippen LogP contribution in [0.2, 0.25) is 0 Å². The van der Waals surface area contributed by atoms with Crippen LogP contribution < -0.4 is 10.5 Å². The minimum Gasteiger partial charge on any atom is -0.362 e. The summed E-state index contributed by atoms with van der Waals surface area (Å²) < 4.78 is 17.4. The monoisotopic (exact) mass is 521 g/mol. The van der Waals surface area contributed by atoms with Gasteiger partial charge >= 0.3 is 0 Å². The van der Waals surface area contributed by atoms with E-state index in [1.54, 1.807) is 36.0 Å². The lowest BCUT2D eigenvalue weighted by atomic mass is 9.96. The highest BCUT2D eigenvalue weighted by Gasteiger charge is 2.37. The van der Waals surface area contributed by atoms with Gasteiger partial charge in [0.15, 0.2) is 0 Å². The van der Waals surface area contributed by atoms with Crippen molar-refractivity contribution in [2.24, 2.45) is 7.05 Å². The molecule has 0 radical (unpaired) electrons. The van der Waals surface area contributed by atoms with E-state index in [1.807, 2.05) is 34.8 Å². The van der Waals surface area contributed by atoms with Gasteiger partial charge in [0.05, 0.1) is 28.5 Å². The zero-order valence-electron chi connectivity index (χ0n) is 22.0. The van der Waals surface area contributed by atoms with Crippen molar-refractivity contribution in [1.29, 1.82) is 0 Å². The van der Waals surface area contributed by atoms with E-state index in [-0.39, 0.29) is 29.5 Å². The van der Waals surface area contributed by atoms with Gasteiger partial charge in [-0.1, -0.05) is 24.8 Å². The molecular weight excluding hydrogens is 493 g/mol. The first-order valence-corrected chi connectivity index (χ1v) is 12.9. The van der Waals surface area contributed by atoms with Gasteiger partial charge in [-0.25, -0.2) is 8.91 Å². The Bertz CT molecular complexity index is 1790. The van der Waals surface area contributed by atoms with Gasteiger partial charge in [0.1, 0.15) is 5.82 Å². The van der Waals surface area contributed by atoms with E-state index in [0.29, 0.717) is 29.9 Å². The molecule has 39 heavy (non-hydrogen) atoms. The van der Waals surface area contributed by atoms with E-state index in [4.69, 9.17) is 6.57 Å². The Morgan fingerprint density at radius 3 is 2.59 bits per heavy atom. The van der Waals surface area contributed by atoms with E-state index in [1.165, 1.54) is 12.1 Å². The number of hydrogen-bond donors (Lipinski definition) is 0. The molecule has 5 heterocycles. The molecule has 1 aliphatic rings. The summed E-state index contributed by atoms with van der Waals surface area (Å²) >= 11 is 0. The Balaban J connectivity index is 1.43. The lowest BCUT2D eigenvalue weighted by Gasteiger charge is -2.48. The molecule has 9 heteroatoms. The predicted octanol–water partition coefficient (Wildman–Crippen LogP) is 4.96. The van der Waals surface area contributed by atoms with Crippen molar-refractivity contribution in [3.8, 4) is 0 Å². The summed E-state index contributed by atoms with van der Waals surface area (Å²) in [4.78, 5) is 25.7. The number of fused-ring (bicyclic) bond motifs is 2. The number of hydrogen-bond acceptors (Lipinski definition) is 5. The molecule has 1 aliphatic heterocycles. The van der Waals surface area contributed by atoms with Gasteiger partial charge in [0, 0.05) is 44.5 Å². The molecule has 8 nitrogen and oxygen atoms in total. The van der Waals surface area contributed by atoms with Crippen molar-refractivity contribution in [3.63, 3.8) is 0 Å². The molecule has 0 spiro atoms. The molecule has 1 aromatic carbocycles. The molecule has 4 aromatic heterocycles. The standard InChI is InChI=1S/C30H28FN7O/c1-19-18-37(30(21-8-10-22(31)11-9-21)25-7-5-6-23-14-15-33-38(23)25)20(2)17-36(19)26-16-28(39)35(4)24-12-13-27(32-3)34-29(24)26/h5-16,19-20,30H,17-18H2,1-2,4H3/t19-,20+,30?/m0/s1. The molecule has 0 N–H and O–H groups in total. The normalized spacial score (nSPS) is 18.9. The summed E-state index contributed by atoms with van der Waals surface area (Å²) in [6.45, 7) is 13.1. The summed E-state index contributed by atoms with van der Waals surface area (Å²) in [5.41, 5.74) is 4.94. The maximum atomic E-state index is 13.9. The number of rotatable bonds is 4. The molecule has 1 fully saturated rings. The molecule has 0 aliphatic carbocycles. The Morgan fingerprint density at radius 2 is 1.82 bits per heavy atom. The van der Waals surface area contributed by atoms with Crippen LogP contribution in [-0.4, -0.2) is 49.2 Å². The second-order valence-corrected chi connectivity index (χ2v) is 10.2. The molecule has 196 valence electrons. The topological polar surface area (TPSA) is 63.0 Å². The van der Waals surface area contributed by atoms with Crippen LogP contribution >= 0.6 is 0 Å². The fourth-order valence-corrected chi connectivity index (χ4v) is 5.79. The number of aromatic nitrogens is 4. The molecule has 0 bridgehead atoms. The number of halogens is 1. The van der Waals surface area contributed by atoms with Gasteiger partial charge < -0.3 is 14.3 Å². The quantitative estimate of drug-likeness (QED) is 0.313. The first kappa shape index (κ1) is 24.8.